The molecule has 2 rings (SSSR count). The van der Waals surface area contributed by atoms with Crippen LogP contribution in [-0.2, 0) is 14.3 Å². The molecule has 0 fully saturated rings. The molecule has 7 heteroatoms. The van der Waals surface area contributed by atoms with Crippen molar-refractivity contribution < 1.29 is 19.1 Å². The molecular formula is C23H23N3O4. The zero-order valence-electron chi connectivity index (χ0n) is 17.3. The van der Waals surface area contributed by atoms with Crippen LogP contribution in [0, 0.1) is 11.3 Å². The molecule has 0 unspecified atom stereocenters. The molecule has 0 aliphatic heterocycles. The van der Waals surface area contributed by atoms with Crippen LogP contribution < -0.4 is 10.2 Å². The first-order valence-electron chi connectivity index (χ1n) is 9.23. The molecule has 0 heterocycles. The summed E-state index contributed by atoms with van der Waals surface area (Å²) in [7, 11) is 3.82. The first kappa shape index (κ1) is 22.4. The van der Waals surface area contributed by atoms with Gasteiger partial charge >= 0.3 is 5.97 Å². The molecule has 0 spiro atoms. The second-order valence-electron chi connectivity index (χ2n) is 6.83. The fourth-order valence-electron chi connectivity index (χ4n) is 2.51. The summed E-state index contributed by atoms with van der Waals surface area (Å²) in [6.45, 7) is 2.83. The molecule has 2 aromatic carbocycles. The molecule has 30 heavy (non-hydrogen) atoms. The average Bonchev–Trinajstić information content (AvgIpc) is 2.72. The Bertz CT molecular complexity index is 1020. The number of benzene rings is 2. The number of nitriles is 1. The lowest BCUT2D eigenvalue weighted by Crippen LogP contribution is -2.30. The molecule has 0 aliphatic carbocycles. The van der Waals surface area contributed by atoms with E-state index in [0.29, 0.717) is 16.8 Å². The molecule has 1 N–H and O–H groups in total. The predicted molar refractivity (Wildman–Crippen MR) is 115 cm³/mol. The number of rotatable bonds is 7. The van der Waals surface area contributed by atoms with Gasteiger partial charge in [0, 0.05) is 31.0 Å². The maximum Gasteiger partial charge on any atom is 0.349 e. The molecule has 0 aromatic heterocycles. The summed E-state index contributed by atoms with van der Waals surface area (Å²) in [5, 5.41) is 11.9. The Morgan fingerprint density at radius 1 is 1.13 bits per heavy atom. The van der Waals surface area contributed by atoms with Crippen molar-refractivity contribution in [2.24, 2.45) is 0 Å². The van der Waals surface area contributed by atoms with Gasteiger partial charge < -0.3 is 15.0 Å². The van der Waals surface area contributed by atoms with Crippen LogP contribution in [0.5, 0.6) is 0 Å². The normalized spacial score (nSPS) is 11.8. The number of Topliss-reactive ketones (excluding diaryl/α,β-unsaturated/α-hetero) is 1. The highest BCUT2D eigenvalue weighted by molar-refractivity contribution is 6.01. The minimum Gasteiger partial charge on any atom is -0.448 e. The van der Waals surface area contributed by atoms with Gasteiger partial charge in [0.1, 0.15) is 11.6 Å². The fourth-order valence-corrected chi connectivity index (χ4v) is 2.51. The summed E-state index contributed by atoms with van der Waals surface area (Å²) in [6.07, 6.45) is 0.272. The molecule has 1 amide bonds. The van der Waals surface area contributed by atoms with E-state index in [1.165, 1.54) is 26.0 Å². The molecule has 154 valence electrons. The van der Waals surface area contributed by atoms with Gasteiger partial charge in [-0.1, -0.05) is 24.3 Å². The van der Waals surface area contributed by atoms with Gasteiger partial charge in [0.15, 0.2) is 11.9 Å². The highest BCUT2D eigenvalue weighted by Crippen LogP contribution is 2.16. The number of amides is 1. The Kier molecular flexibility index (Phi) is 7.48. The number of carbonyl (C=O) groups excluding carboxylic acids is 3. The highest BCUT2D eigenvalue weighted by atomic mass is 16.5. The average molecular weight is 405 g/mol. The minimum absolute atomic E-state index is 0.131. The zero-order chi connectivity index (χ0) is 22.3. The number of hydrogen-bond donors (Lipinski definition) is 1. The van der Waals surface area contributed by atoms with Gasteiger partial charge in [-0.05, 0) is 49.8 Å². The van der Waals surface area contributed by atoms with Crippen molar-refractivity contribution in [3.8, 4) is 6.07 Å². The Morgan fingerprint density at radius 3 is 2.37 bits per heavy atom. The van der Waals surface area contributed by atoms with Crippen LogP contribution in [0.1, 0.15) is 29.8 Å². The molecular weight excluding hydrogens is 382 g/mol. The summed E-state index contributed by atoms with van der Waals surface area (Å²) in [4.78, 5) is 38.0. The van der Waals surface area contributed by atoms with Crippen LogP contribution >= 0.6 is 0 Å². The Morgan fingerprint density at radius 2 is 1.80 bits per heavy atom. The lowest BCUT2D eigenvalue weighted by molar-refractivity contribution is -0.148. The predicted octanol–water partition coefficient (Wildman–Crippen LogP) is 3.43. The Hall–Kier alpha value is -3.92. The molecule has 1 atom stereocenters. The van der Waals surface area contributed by atoms with E-state index in [9.17, 15) is 19.6 Å². The van der Waals surface area contributed by atoms with Crippen molar-refractivity contribution in [2.45, 2.75) is 20.0 Å². The molecule has 2 aromatic rings. The first-order valence-corrected chi connectivity index (χ1v) is 9.23. The smallest absolute Gasteiger partial charge is 0.349 e. The van der Waals surface area contributed by atoms with Crippen LogP contribution in [0.25, 0.3) is 6.08 Å². The Balaban J connectivity index is 2.05. The van der Waals surface area contributed by atoms with Crippen LogP contribution in [0.2, 0.25) is 0 Å². The van der Waals surface area contributed by atoms with Gasteiger partial charge in [-0.2, -0.15) is 5.26 Å². The van der Waals surface area contributed by atoms with Crippen LogP contribution in [0.3, 0.4) is 0 Å². The number of ether oxygens (including phenoxy) is 1. The zero-order valence-corrected chi connectivity index (χ0v) is 17.3. The van der Waals surface area contributed by atoms with E-state index in [2.05, 4.69) is 5.32 Å². The quantitative estimate of drug-likeness (QED) is 0.328. The second-order valence-corrected chi connectivity index (χ2v) is 6.83. The van der Waals surface area contributed by atoms with Gasteiger partial charge in [-0.15, -0.1) is 0 Å². The number of nitrogens with zero attached hydrogens (tertiary/aromatic N) is 2. The van der Waals surface area contributed by atoms with Crippen LogP contribution in [0.4, 0.5) is 11.4 Å². The lowest BCUT2D eigenvalue weighted by Gasteiger charge is -2.14. The number of hydrogen-bond acceptors (Lipinski definition) is 6. The lowest BCUT2D eigenvalue weighted by atomic mass is 10.1. The van der Waals surface area contributed by atoms with Crippen molar-refractivity contribution in [2.75, 3.05) is 24.3 Å². The van der Waals surface area contributed by atoms with E-state index >= 15 is 0 Å². The van der Waals surface area contributed by atoms with Crippen molar-refractivity contribution >= 4 is 35.1 Å². The molecule has 7 nitrogen and oxygen atoms in total. The van der Waals surface area contributed by atoms with Crippen molar-refractivity contribution in [1.82, 2.24) is 0 Å². The fraction of sp³-hybridized carbons (Fsp3) is 0.217. The summed E-state index contributed by atoms with van der Waals surface area (Å²) in [5.74, 6) is -1.60. The number of anilines is 2. The second kappa shape index (κ2) is 10.0. The molecule has 0 aliphatic rings. The summed E-state index contributed by atoms with van der Waals surface area (Å²) < 4.78 is 5.13. The van der Waals surface area contributed by atoms with E-state index in [1.807, 2.05) is 37.2 Å². The number of ketones is 1. The summed E-state index contributed by atoms with van der Waals surface area (Å²) >= 11 is 0. The monoisotopic (exact) mass is 405 g/mol. The molecule has 0 radical (unpaired) electrons. The van der Waals surface area contributed by atoms with Crippen LogP contribution in [-0.4, -0.2) is 37.9 Å². The topological polar surface area (TPSA) is 99.5 Å². The molecule has 0 saturated carbocycles. The Labute approximate surface area is 175 Å². The van der Waals surface area contributed by atoms with E-state index in [1.54, 1.807) is 30.3 Å². The van der Waals surface area contributed by atoms with E-state index in [0.717, 1.165) is 5.69 Å². The minimum atomic E-state index is -1.13. The number of carbonyl (C=O) groups is 3. The third-order valence-corrected chi connectivity index (χ3v) is 4.25. The molecule has 0 bridgehead atoms. The summed E-state index contributed by atoms with van der Waals surface area (Å²) in [5.41, 5.74) is 2.28. The van der Waals surface area contributed by atoms with Crippen molar-refractivity contribution in [3.63, 3.8) is 0 Å². The van der Waals surface area contributed by atoms with Crippen LogP contribution in [0.15, 0.2) is 54.1 Å². The van der Waals surface area contributed by atoms with Gasteiger partial charge in [-0.25, -0.2) is 4.79 Å². The largest absolute Gasteiger partial charge is 0.448 e. The number of nitrogens with one attached hydrogen (secondary N) is 1. The third kappa shape index (κ3) is 6.04. The third-order valence-electron chi connectivity index (χ3n) is 4.25. The van der Waals surface area contributed by atoms with E-state index in [4.69, 9.17) is 4.74 Å². The maximum atomic E-state index is 12.3. The van der Waals surface area contributed by atoms with Gasteiger partial charge in [0.05, 0.1) is 0 Å². The highest BCUT2D eigenvalue weighted by Gasteiger charge is 2.21. The van der Waals surface area contributed by atoms with Gasteiger partial charge in [-0.3, -0.25) is 9.59 Å². The van der Waals surface area contributed by atoms with Gasteiger partial charge in [0.2, 0.25) is 0 Å². The van der Waals surface area contributed by atoms with E-state index in [-0.39, 0.29) is 11.4 Å². The summed E-state index contributed by atoms with van der Waals surface area (Å²) in [6, 6.07) is 15.5. The van der Waals surface area contributed by atoms with Crippen molar-refractivity contribution in [3.05, 3.63) is 65.2 Å². The molecule has 0 saturated heterocycles. The maximum absolute atomic E-state index is 12.3. The van der Waals surface area contributed by atoms with E-state index < -0.39 is 18.0 Å². The number of esters is 1. The van der Waals surface area contributed by atoms with Gasteiger partial charge in [0.25, 0.3) is 5.91 Å². The van der Waals surface area contributed by atoms with Crippen molar-refractivity contribution in [1.29, 1.82) is 5.26 Å². The SMILES string of the molecule is CC(=O)c1cccc(NC(=O)[C@@H](C)OC(=O)/C(C#N)=C/c2ccc(N(C)C)cc2)c1. The first-order chi connectivity index (χ1) is 14.2. The standard InChI is InChI=1S/C23H23N3O4/c1-15(27)18-6-5-7-20(13-18)25-22(28)16(2)30-23(29)19(14-24)12-17-8-10-21(11-9-17)26(3)4/h5-13,16H,1-4H3,(H,25,28)/b19-12+/t16-/m1/s1.